The van der Waals surface area contributed by atoms with Crippen molar-refractivity contribution < 1.29 is 57.1 Å². The second-order valence-corrected chi connectivity index (χ2v) is 11.1. The smallest absolute Gasteiger partial charge is 0.343 e. The lowest BCUT2D eigenvalue weighted by Gasteiger charge is -2.09. The fraction of sp³-hybridized carbons (Fsp3) is 0.233. The van der Waals surface area contributed by atoms with Gasteiger partial charge in [-0.05, 0) is 123 Å². The molecule has 0 aliphatic rings. The number of unbranched alkanes of at least 4 members (excludes halogenated alkanes) is 2. The Kier molecular flexibility index (Phi) is 18.5. The molecule has 4 rings (SSSR count). The molecule has 0 saturated heterocycles. The van der Waals surface area contributed by atoms with Gasteiger partial charge >= 0.3 is 29.8 Å². The molecule has 0 N–H and O–H groups in total. The van der Waals surface area contributed by atoms with E-state index < -0.39 is 29.8 Å². The molecule has 0 amide bonds. The molecule has 0 unspecified atom stereocenters. The number of hydrogen-bond acceptors (Lipinski definition) is 12. The second-order valence-electron chi connectivity index (χ2n) is 11.1. The first kappa shape index (κ1) is 42.7. The Morgan fingerprint density at radius 3 is 0.964 bits per heavy atom. The minimum Gasteiger partial charge on any atom is -0.494 e. The van der Waals surface area contributed by atoms with Crippen molar-refractivity contribution >= 4 is 29.8 Å². The van der Waals surface area contributed by atoms with Crippen molar-refractivity contribution in [1.29, 1.82) is 0 Å². The van der Waals surface area contributed by atoms with Crippen LogP contribution in [0.5, 0.6) is 28.7 Å². The average Bonchev–Trinajstić information content (AvgIpc) is 3.22. The lowest BCUT2D eigenvalue weighted by Crippen LogP contribution is -2.10. The van der Waals surface area contributed by atoms with Crippen LogP contribution in [0.1, 0.15) is 70.6 Å². The minimum atomic E-state index is -0.639. The molecule has 0 bridgehead atoms. The van der Waals surface area contributed by atoms with Crippen LogP contribution in [0.4, 0.5) is 0 Å². The van der Waals surface area contributed by atoms with E-state index in [2.05, 4.69) is 13.2 Å². The van der Waals surface area contributed by atoms with Gasteiger partial charge in [0.25, 0.3) is 0 Å². The summed E-state index contributed by atoms with van der Waals surface area (Å²) in [5, 5.41) is 0. The standard InChI is InChI=1S/C41H38O12.C2H6/c1-3-37(42)49-27-7-5-25-47-32-15-9-29(10-16-32)39(44)51-34-19-13-31(14-20-34)41(46)53-36-23-21-35(22-24-36)52-40(45)30-11-17-33(18-12-30)48-26-6-8-28-50-38(43)4-2;1-2/h3-4,9-24H,1-2,5-8,25-28H2;1-2H3. The van der Waals surface area contributed by atoms with Crippen LogP contribution >= 0.6 is 0 Å². The molecule has 0 saturated carbocycles. The van der Waals surface area contributed by atoms with Crippen LogP contribution in [0.25, 0.3) is 0 Å². The third-order valence-electron chi connectivity index (χ3n) is 7.16. The van der Waals surface area contributed by atoms with Crippen molar-refractivity contribution in [2.24, 2.45) is 0 Å². The van der Waals surface area contributed by atoms with Gasteiger partial charge < -0.3 is 33.2 Å². The molecule has 0 aromatic heterocycles. The van der Waals surface area contributed by atoms with Gasteiger partial charge in [0.05, 0.1) is 43.1 Å². The van der Waals surface area contributed by atoms with Crippen molar-refractivity contribution in [2.45, 2.75) is 39.5 Å². The maximum Gasteiger partial charge on any atom is 0.343 e. The summed E-state index contributed by atoms with van der Waals surface area (Å²) < 4.78 is 37.4. The van der Waals surface area contributed by atoms with Crippen LogP contribution in [-0.2, 0) is 19.1 Å². The number of hydrogen-bond donors (Lipinski definition) is 0. The van der Waals surface area contributed by atoms with Crippen LogP contribution in [0.3, 0.4) is 0 Å². The van der Waals surface area contributed by atoms with E-state index in [0.717, 1.165) is 12.2 Å². The molecule has 12 nitrogen and oxygen atoms in total. The number of ether oxygens (including phenoxy) is 7. The first-order chi connectivity index (χ1) is 26.7. The summed E-state index contributed by atoms with van der Waals surface area (Å²) in [7, 11) is 0. The molecular formula is C43H44O12. The van der Waals surface area contributed by atoms with E-state index in [1.807, 2.05) is 13.8 Å². The van der Waals surface area contributed by atoms with E-state index in [-0.39, 0.29) is 36.0 Å². The number of carbonyl (C=O) groups excluding carboxylic acids is 5. The van der Waals surface area contributed by atoms with Gasteiger partial charge in [-0.1, -0.05) is 27.0 Å². The molecule has 0 radical (unpaired) electrons. The highest BCUT2D eigenvalue weighted by atomic mass is 16.6. The van der Waals surface area contributed by atoms with Gasteiger partial charge in [-0.3, -0.25) is 0 Å². The van der Waals surface area contributed by atoms with E-state index in [9.17, 15) is 24.0 Å². The maximum absolute atomic E-state index is 12.7. The molecule has 0 atom stereocenters. The summed E-state index contributed by atoms with van der Waals surface area (Å²) in [5.41, 5.74) is 0.849. The summed E-state index contributed by atoms with van der Waals surface area (Å²) in [4.78, 5) is 60.0. The first-order valence-electron chi connectivity index (χ1n) is 17.6. The molecule has 0 heterocycles. The molecule has 288 valence electrons. The van der Waals surface area contributed by atoms with Crippen LogP contribution in [0.2, 0.25) is 0 Å². The zero-order chi connectivity index (χ0) is 39.8. The monoisotopic (exact) mass is 752 g/mol. The van der Waals surface area contributed by atoms with Gasteiger partial charge in [-0.15, -0.1) is 0 Å². The Hall–Kier alpha value is -6.69. The topological polar surface area (TPSA) is 150 Å². The van der Waals surface area contributed by atoms with Crippen molar-refractivity contribution in [3.63, 3.8) is 0 Å². The minimum absolute atomic E-state index is 0.224. The van der Waals surface area contributed by atoms with E-state index >= 15 is 0 Å². The van der Waals surface area contributed by atoms with E-state index in [1.54, 1.807) is 48.5 Å². The molecule has 4 aromatic carbocycles. The third-order valence-corrected chi connectivity index (χ3v) is 7.16. The largest absolute Gasteiger partial charge is 0.494 e. The normalized spacial score (nSPS) is 10.0. The Morgan fingerprint density at radius 2 is 0.673 bits per heavy atom. The van der Waals surface area contributed by atoms with E-state index in [0.29, 0.717) is 61.5 Å². The van der Waals surface area contributed by atoms with Gasteiger partial charge in [-0.25, -0.2) is 24.0 Å². The molecule has 55 heavy (non-hydrogen) atoms. The predicted octanol–water partition coefficient (Wildman–Crippen LogP) is 8.15. The number of rotatable bonds is 20. The zero-order valence-corrected chi connectivity index (χ0v) is 30.9. The fourth-order valence-corrected chi connectivity index (χ4v) is 4.36. The molecule has 0 aliphatic carbocycles. The Morgan fingerprint density at radius 1 is 0.418 bits per heavy atom. The van der Waals surface area contributed by atoms with Crippen molar-refractivity contribution in [2.75, 3.05) is 26.4 Å². The van der Waals surface area contributed by atoms with Crippen molar-refractivity contribution in [3.05, 3.63) is 139 Å². The number of esters is 5. The van der Waals surface area contributed by atoms with Gasteiger partial charge in [0.15, 0.2) is 0 Å². The number of carbonyl (C=O) groups is 5. The quantitative estimate of drug-likeness (QED) is 0.0371. The molecular weight excluding hydrogens is 708 g/mol. The molecule has 0 aliphatic heterocycles. The molecule has 0 spiro atoms. The number of benzene rings is 4. The second kappa shape index (κ2) is 23.8. The van der Waals surface area contributed by atoms with Gasteiger partial charge in [-0.2, -0.15) is 0 Å². The maximum atomic E-state index is 12.7. The average molecular weight is 753 g/mol. The fourth-order valence-electron chi connectivity index (χ4n) is 4.36. The summed E-state index contributed by atoms with van der Waals surface area (Å²) in [6, 6.07) is 24.8. The summed E-state index contributed by atoms with van der Waals surface area (Å²) in [6.45, 7) is 12.1. The lowest BCUT2D eigenvalue weighted by atomic mass is 10.2. The van der Waals surface area contributed by atoms with Gasteiger partial charge in [0.1, 0.15) is 28.7 Å². The Balaban J connectivity index is 0.00000399. The SMILES string of the molecule is C=CC(=O)OCCCCOc1ccc(C(=O)Oc2ccc(OC(=O)c3ccc(OC(=O)c4ccc(OCCCCOC(=O)C=C)cc4)cc3)cc2)cc1.CC. The Bertz CT molecular complexity index is 1850. The molecule has 12 heteroatoms. The third kappa shape index (κ3) is 15.4. The van der Waals surface area contributed by atoms with E-state index in [1.165, 1.54) is 48.5 Å². The highest BCUT2D eigenvalue weighted by Gasteiger charge is 2.14. The summed E-state index contributed by atoms with van der Waals surface area (Å²) in [5.74, 6) is -0.852. The predicted molar refractivity (Wildman–Crippen MR) is 204 cm³/mol. The Labute approximate surface area is 320 Å². The molecule has 0 fully saturated rings. The van der Waals surface area contributed by atoms with Crippen molar-refractivity contribution in [1.82, 2.24) is 0 Å². The van der Waals surface area contributed by atoms with Crippen molar-refractivity contribution in [3.8, 4) is 28.7 Å². The van der Waals surface area contributed by atoms with Gasteiger partial charge in [0, 0.05) is 12.2 Å². The van der Waals surface area contributed by atoms with E-state index in [4.69, 9.17) is 33.2 Å². The molecule has 4 aromatic rings. The summed E-state index contributed by atoms with van der Waals surface area (Å²) >= 11 is 0. The van der Waals surface area contributed by atoms with Crippen LogP contribution in [0.15, 0.2) is 122 Å². The highest BCUT2D eigenvalue weighted by molar-refractivity contribution is 5.93. The van der Waals surface area contributed by atoms with Crippen LogP contribution in [-0.4, -0.2) is 56.3 Å². The lowest BCUT2D eigenvalue weighted by molar-refractivity contribution is -0.138. The summed E-state index contributed by atoms with van der Waals surface area (Å²) in [6.07, 6.45) is 4.88. The highest BCUT2D eigenvalue weighted by Crippen LogP contribution is 2.22. The van der Waals surface area contributed by atoms with Crippen LogP contribution < -0.4 is 23.7 Å². The zero-order valence-electron chi connectivity index (χ0n) is 30.9. The van der Waals surface area contributed by atoms with Crippen LogP contribution in [0, 0.1) is 0 Å². The first-order valence-corrected chi connectivity index (χ1v) is 17.6. The van der Waals surface area contributed by atoms with Gasteiger partial charge in [0.2, 0.25) is 0 Å².